The number of rotatable bonds is 9. The highest BCUT2D eigenvalue weighted by Crippen LogP contribution is 2.30. The molecule has 0 spiro atoms. The molecule has 7 nitrogen and oxygen atoms in total. The topological polar surface area (TPSA) is 93.7 Å². The number of sulfonamides is 1. The predicted molar refractivity (Wildman–Crippen MR) is 145 cm³/mol. The van der Waals surface area contributed by atoms with Crippen molar-refractivity contribution in [3.8, 4) is 11.5 Å². The number of hydrogen-bond acceptors (Lipinski definition) is 5. The largest absolute Gasteiger partial charge is 0.495 e. The van der Waals surface area contributed by atoms with Crippen LogP contribution in [0, 0.1) is 0 Å². The van der Waals surface area contributed by atoms with Crippen molar-refractivity contribution >= 4 is 50.5 Å². The average molecular weight is 557 g/mol. The van der Waals surface area contributed by atoms with E-state index in [-0.39, 0.29) is 26.9 Å². The van der Waals surface area contributed by atoms with Crippen LogP contribution in [0.4, 0.5) is 11.4 Å². The van der Waals surface area contributed by atoms with Crippen molar-refractivity contribution in [2.75, 3.05) is 17.1 Å². The molecule has 4 aromatic carbocycles. The number of hydrogen-bond donors (Lipinski definition) is 2. The van der Waals surface area contributed by atoms with Gasteiger partial charge in [0, 0.05) is 10.7 Å². The van der Waals surface area contributed by atoms with Crippen LogP contribution in [0.5, 0.6) is 11.5 Å². The summed E-state index contributed by atoms with van der Waals surface area (Å²) >= 11 is 12.0. The average Bonchev–Trinajstić information content (AvgIpc) is 2.88. The van der Waals surface area contributed by atoms with Crippen LogP contribution in [0.15, 0.2) is 95.9 Å². The molecule has 0 saturated heterocycles. The lowest BCUT2D eigenvalue weighted by molar-refractivity contribution is 0.102. The number of methoxy groups -OCH3 is 1. The Labute approximate surface area is 225 Å². The number of carbonyl (C=O) groups excluding carboxylic acids is 1. The molecule has 4 aromatic rings. The molecule has 0 atom stereocenters. The van der Waals surface area contributed by atoms with E-state index in [0.717, 1.165) is 5.56 Å². The van der Waals surface area contributed by atoms with Crippen molar-refractivity contribution < 1.29 is 22.7 Å². The molecule has 4 rings (SSSR count). The van der Waals surface area contributed by atoms with Gasteiger partial charge in [-0.2, -0.15) is 0 Å². The number of benzene rings is 4. The van der Waals surface area contributed by atoms with E-state index in [1.54, 1.807) is 24.3 Å². The SMILES string of the molecule is COc1ccc(S(=O)(=O)Nc2ccc(OCc3ccccc3)cc2)cc1NC(=O)c1ccc(Cl)cc1Cl. The minimum atomic E-state index is -3.98. The summed E-state index contributed by atoms with van der Waals surface area (Å²) in [5, 5.41) is 3.19. The van der Waals surface area contributed by atoms with Gasteiger partial charge in [-0.3, -0.25) is 9.52 Å². The van der Waals surface area contributed by atoms with Gasteiger partial charge >= 0.3 is 0 Å². The number of halogens is 2. The number of nitrogens with one attached hydrogen (secondary N) is 2. The molecule has 0 aliphatic rings. The van der Waals surface area contributed by atoms with Crippen molar-refractivity contribution in [1.82, 2.24) is 0 Å². The zero-order chi connectivity index (χ0) is 26.4. The first-order valence-corrected chi connectivity index (χ1v) is 13.2. The molecule has 0 unspecified atom stereocenters. The van der Waals surface area contributed by atoms with Crippen LogP contribution < -0.4 is 19.5 Å². The fraction of sp³-hybridized carbons (Fsp3) is 0.0741. The molecular formula is C27H22Cl2N2O5S. The third-order valence-corrected chi connectivity index (χ3v) is 7.19. The highest BCUT2D eigenvalue weighted by atomic mass is 35.5. The monoisotopic (exact) mass is 556 g/mol. The van der Waals surface area contributed by atoms with Gasteiger partial charge < -0.3 is 14.8 Å². The van der Waals surface area contributed by atoms with E-state index in [2.05, 4.69) is 10.0 Å². The Balaban J connectivity index is 1.48. The van der Waals surface area contributed by atoms with Gasteiger partial charge in [0.15, 0.2) is 0 Å². The Bertz CT molecular complexity index is 1510. The quantitative estimate of drug-likeness (QED) is 0.241. The van der Waals surface area contributed by atoms with Gasteiger partial charge in [0.2, 0.25) is 0 Å². The highest BCUT2D eigenvalue weighted by molar-refractivity contribution is 7.92. The van der Waals surface area contributed by atoms with E-state index in [9.17, 15) is 13.2 Å². The molecule has 0 saturated carbocycles. The van der Waals surface area contributed by atoms with Crippen LogP contribution in [0.2, 0.25) is 10.0 Å². The van der Waals surface area contributed by atoms with Crippen LogP contribution in [-0.4, -0.2) is 21.4 Å². The van der Waals surface area contributed by atoms with E-state index in [1.807, 2.05) is 30.3 Å². The van der Waals surface area contributed by atoms with Crippen molar-refractivity contribution in [2.45, 2.75) is 11.5 Å². The minimum Gasteiger partial charge on any atom is -0.495 e. The first kappa shape index (κ1) is 26.3. The van der Waals surface area contributed by atoms with Crippen LogP contribution in [0.25, 0.3) is 0 Å². The first-order chi connectivity index (χ1) is 17.7. The van der Waals surface area contributed by atoms with Crippen molar-refractivity contribution in [1.29, 1.82) is 0 Å². The molecule has 10 heteroatoms. The fourth-order valence-corrected chi connectivity index (χ4v) is 4.97. The highest BCUT2D eigenvalue weighted by Gasteiger charge is 2.19. The molecule has 0 aliphatic heterocycles. The van der Waals surface area contributed by atoms with Gasteiger partial charge in [0.1, 0.15) is 18.1 Å². The molecule has 37 heavy (non-hydrogen) atoms. The summed E-state index contributed by atoms with van der Waals surface area (Å²) in [5.41, 5.74) is 1.70. The van der Waals surface area contributed by atoms with Gasteiger partial charge in [-0.05, 0) is 66.2 Å². The van der Waals surface area contributed by atoms with Crippen molar-refractivity contribution in [3.63, 3.8) is 0 Å². The normalized spacial score (nSPS) is 11.0. The summed E-state index contributed by atoms with van der Waals surface area (Å²) in [6.45, 7) is 0.396. The Morgan fingerprint density at radius 3 is 2.30 bits per heavy atom. The molecule has 0 radical (unpaired) electrons. The van der Waals surface area contributed by atoms with Crippen LogP contribution in [-0.2, 0) is 16.6 Å². The number of carbonyl (C=O) groups is 1. The lowest BCUT2D eigenvalue weighted by atomic mass is 10.2. The zero-order valence-electron chi connectivity index (χ0n) is 19.6. The fourth-order valence-electron chi connectivity index (χ4n) is 3.39. The minimum absolute atomic E-state index is 0.0739. The van der Waals surface area contributed by atoms with Gasteiger partial charge in [-0.25, -0.2) is 8.42 Å². The van der Waals surface area contributed by atoms with Crippen LogP contribution in [0.1, 0.15) is 15.9 Å². The molecule has 0 heterocycles. The molecule has 0 aliphatic carbocycles. The molecule has 190 valence electrons. The zero-order valence-corrected chi connectivity index (χ0v) is 21.9. The second-order valence-electron chi connectivity index (χ2n) is 7.84. The Kier molecular flexibility index (Phi) is 8.23. The molecule has 0 aromatic heterocycles. The third-order valence-electron chi connectivity index (χ3n) is 5.26. The maximum absolute atomic E-state index is 13.1. The second kappa shape index (κ2) is 11.6. The maximum atomic E-state index is 13.1. The van der Waals surface area contributed by atoms with Crippen LogP contribution in [0.3, 0.4) is 0 Å². The summed E-state index contributed by atoms with van der Waals surface area (Å²) in [6.07, 6.45) is 0. The van der Waals surface area contributed by atoms with Crippen molar-refractivity contribution in [3.05, 3.63) is 112 Å². The Morgan fingerprint density at radius 1 is 0.892 bits per heavy atom. The standard InChI is InChI=1S/C27H22Cl2N2O5S/c1-35-26-14-12-22(16-25(26)30-27(32)23-13-7-19(28)15-24(23)29)37(33,34)31-20-8-10-21(11-9-20)36-17-18-5-3-2-4-6-18/h2-16,31H,17H2,1H3,(H,30,32). The van der Waals surface area contributed by atoms with E-state index in [4.69, 9.17) is 32.7 Å². The number of ether oxygens (including phenoxy) is 2. The van der Waals surface area contributed by atoms with E-state index < -0.39 is 15.9 Å². The van der Waals surface area contributed by atoms with Crippen molar-refractivity contribution in [2.24, 2.45) is 0 Å². The first-order valence-electron chi connectivity index (χ1n) is 11.0. The lowest BCUT2D eigenvalue weighted by Gasteiger charge is -2.14. The second-order valence-corrected chi connectivity index (χ2v) is 10.4. The summed E-state index contributed by atoms with van der Waals surface area (Å²) in [4.78, 5) is 12.7. The Morgan fingerprint density at radius 2 is 1.62 bits per heavy atom. The lowest BCUT2D eigenvalue weighted by Crippen LogP contribution is -2.16. The van der Waals surface area contributed by atoms with Gasteiger partial charge in [0.05, 0.1) is 28.3 Å². The molecule has 0 bridgehead atoms. The molecular weight excluding hydrogens is 535 g/mol. The third kappa shape index (κ3) is 6.74. The molecule has 2 N–H and O–H groups in total. The summed E-state index contributed by atoms with van der Waals surface area (Å²) in [5.74, 6) is 0.327. The molecule has 0 fully saturated rings. The van der Waals surface area contributed by atoms with Crippen LogP contribution >= 0.6 is 23.2 Å². The van der Waals surface area contributed by atoms with E-state index >= 15 is 0 Å². The van der Waals surface area contributed by atoms with Gasteiger partial charge in [-0.15, -0.1) is 0 Å². The van der Waals surface area contributed by atoms with E-state index in [0.29, 0.717) is 23.1 Å². The molecule has 1 amide bonds. The predicted octanol–water partition coefficient (Wildman–Crippen LogP) is 6.63. The summed E-state index contributed by atoms with van der Waals surface area (Å²) < 4.78 is 39.7. The number of anilines is 2. The number of amides is 1. The maximum Gasteiger partial charge on any atom is 0.261 e. The summed E-state index contributed by atoms with van der Waals surface area (Å²) in [6, 6.07) is 24.8. The van der Waals surface area contributed by atoms with E-state index in [1.165, 1.54) is 43.5 Å². The summed E-state index contributed by atoms with van der Waals surface area (Å²) in [7, 11) is -2.57. The Hall–Kier alpha value is -3.72. The van der Waals surface area contributed by atoms with Gasteiger partial charge in [-0.1, -0.05) is 53.5 Å². The van der Waals surface area contributed by atoms with Gasteiger partial charge in [0.25, 0.3) is 15.9 Å². The smallest absolute Gasteiger partial charge is 0.261 e.